The number of nitrogens with zero attached hydrogens (tertiary/aromatic N) is 2. The number of aryl methyl sites for hydroxylation is 1. The zero-order chi connectivity index (χ0) is 13.8. The summed E-state index contributed by atoms with van der Waals surface area (Å²) < 4.78 is 1.75. The second kappa shape index (κ2) is 5.43. The molecule has 0 unspecified atom stereocenters. The highest BCUT2D eigenvalue weighted by Crippen LogP contribution is 2.22. The Kier molecular flexibility index (Phi) is 3.70. The molecule has 0 aliphatic heterocycles. The van der Waals surface area contributed by atoms with Crippen molar-refractivity contribution in [3.8, 4) is 0 Å². The highest BCUT2D eigenvalue weighted by molar-refractivity contribution is 6.01. The number of carbonyl (C=O) groups excluding carboxylic acids is 1. The van der Waals surface area contributed by atoms with E-state index in [0.29, 0.717) is 23.5 Å². The van der Waals surface area contributed by atoms with Crippen LogP contribution in [-0.2, 0) is 13.5 Å². The van der Waals surface area contributed by atoms with Gasteiger partial charge in [0.2, 0.25) is 0 Å². The van der Waals surface area contributed by atoms with Crippen LogP contribution in [0.3, 0.4) is 0 Å². The topological polar surface area (TPSA) is 99.0 Å². The first-order valence-corrected chi connectivity index (χ1v) is 5.97. The van der Waals surface area contributed by atoms with Crippen LogP contribution in [0.4, 0.5) is 11.4 Å². The molecule has 2 aromatic rings. The predicted molar refractivity (Wildman–Crippen MR) is 74.8 cm³/mol. The van der Waals surface area contributed by atoms with Crippen LogP contribution in [0.15, 0.2) is 30.6 Å². The first-order chi connectivity index (χ1) is 9.08. The molecule has 0 aliphatic carbocycles. The summed E-state index contributed by atoms with van der Waals surface area (Å²) in [5.41, 5.74) is 13.8. The lowest BCUT2D eigenvalue weighted by molar-refractivity contribution is 0.100. The Balaban J connectivity index is 2.05. The van der Waals surface area contributed by atoms with E-state index in [2.05, 4.69) is 10.4 Å². The molecule has 0 saturated carbocycles. The van der Waals surface area contributed by atoms with Gasteiger partial charge in [0.1, 0.15) is 0 Å². The number of aromatic nitrogens is 2. The van der Waals surface area contributed by atoms with Crippen molar-refractivity contribution in [2.75, 3.05) is 17.6 Å². The highest BCUT2D eigenvalue weighted by atomic mass is 16.1. The first kappa shape index (κ1) is 12.9. The van der Waals surface area contributed by atoms with Crippen LogP contribution in [0.1, 0.15) is 15.9 Å². The molecule has 2 rings (SSSR count). The molecule has 1 aromatic carbocycles. The maximum atomic E-state index is 11.3. The SMILES string of the molecule is Cn1cc(CCNc2c(N)cccc2C(N)=O)cn1. The van der Waals surface area contributed by atoms with Crippen LogP contribution < -0.4 is 16.8 Å². The number of hydrogen-bond donors (Lipinski definition) is 3. The van der Waals surface area contributed by atoms with Gasteiger partial charge in [0.15, 0.2) is 0 Å². The van der Waals surface area contributed by atoms with E-state index >= 15 is 0 Å². The molecule has 1 amide bonds. The molecule has 0 spiro atoms. The Labute approximate surface area is 111 Å². The highest BCUT2D eigenvalue weighted by Gasteiger charge is 2.10. The summed E-state index contributed by atoms with van der Waals surface area (Å²) in [6, 6.07) is 5.10. The van der Waals surface area contributed by atoms with Gasteiger partial charge in [-0.3, -0.25) is 9.48 Å². The molecule has 19 heavy (non-hydrogen) atoms. The van der Waals surface area contributed by atoms with Crippen molar-refractivity contribution >= 4 is 17.3 Å². The number of primary amides is 1. The van der Waals surface area contributed by atoms with Crippen molar-refractivity contribution in [2.24, 2.45) is 12.8 Å². The molecule has 1 aromatic heterocycles. The maximum absolute atomic E-state index is 11.3. The lowest BCUT2D eigenvalue weighted by Crippen LogP contribution is -2.16. The smallest absolute Gasteiger partial charge is 0.250 e. The summed E-state index contributed by atoms with van der Waals surface area (Å²) in [5, 5.41) is 7.25. The van der Waals surface area contributed by atoms with E-state index in [1.54, 1.807) is 22.9 Å². The van der Waals surface area contributed by atoms with E-state index in [1.807, 2.05) is 19.4 Å². The number of anilines is 2. The van der Waals surface area contributed by atoms with Crippen LogP contribution in [0.25, 0.3) is 0 Å². The average molecular weight is 259 g/mol. The molecular weight excluding hydrogens is 242 g/mol. The summed E-state index contributed by atoms with van der Waals surface area (Å²) in [6.07, 6.45) is 4.55. The fourth-order valence-electron chi connectivity index (χ4n) is 1.91. The van der Waals surface area contributed by atoms with E-state index in [1.165, 1.54) is 0 Å². The van der Waals surface area contributed by atoms with E-state index < -0.39 is 5.91 Å². The van der Waals surface area contributed by atoms with Gasteiger partial charge in [-0.15, -0.1) is 0 Å². The van der Waals surface area contributed by atoms with E-state index in [4.69, 9.17) is 11.5 Å². The van der Waals surface area contributed by atoms with Gasteiger partial charge in [0, 0.05) is 19.8 Å². The zero-order valence-corrected chi connectivity index (χ0v) is 10.8. The number of carbonyl (C=O) groups is 1. The van der Waals surface area contributed by atoms with Gasteiger partial charge in [-0.05, 0) is 24.1 Å². The molecule has 6 nitrogen and oxygen atoms in total. The van der Waals surface area contributed by atoms with Crippen LogP contribution in [0, 0.1) is 0 Å². The van der Waals surface area contributed by atoms with Gasteiger partial charge in [-0.1, -0.05) is 6.07 Å². The summed E-state index contributed by atoms with van der Waals surface area (Å²) in [6.45, 7) is 0.653. The van der Waals surface area contributed by atoms with Gasteiger partial charge in [-0.25, -0.2) is 0 Å². The van der Waals surface area contributed by atoms with Crippen molar-refractivity contribution in [1.82, 2.24) is 9.78 Å². The van der Waals surface area contributed by atoms with E-state index in [-0.39, 0.29) is 0 Å². The van der Waals surface area contributed by atoms with E-state index in [0.717, 1.165) is 12.0 Å². The number of hydrogen-bond acceptors (Lipinski definition) is 4. The lowest BCUT2D eigenvalue weighted by atomic mass is 10.1. The minimum absolute atomic E-state index is 0.409. The third-order valence-corrected chi connectivity index (χ3v) is 2.84. The molecule has 1 heterocycles. The zero-order valence-electron chi connectivity index (χ0n) is 10.8. The maximum Gasteiger partial charge on any atom is 0.250 e. The molecule has 0 bridgehead atoms. The summed E-state index contributed by atoms with van der Waals surface area (Å²) in [7, 11) is 1.87. The van der Waals surface area contributed by atoms with Gasteiger partial charge < -0.3 is 16.8 Å². The minimum atomic E-state index is -0.490. The second-order valence-corrected chi connectivity index (χ2v) is 4.33. The number of para-hydroxylation sites is 1. The van der Waals surface area contributed by atoms with Crippen LogP contribution in [0.5, 0.6) is 0 Å². The van der Waals surface area contributed by atoms with Crippen LogP contribution >= 0.6 is 0 Å². The Morgan fingerprint density at radius 2 is 2.26 bits per heavy atom. The predicted octanol–water partition coefficient (Wildman–Crippen LogP) is 0.756. The third kappa shape index (κ3) is 3.04. The fourth-order valence-corrected chi connectivity index (χ4v) is 1.91. The van der Waals surface area contributed by atoms with Crippen LogP contribution in [0.2, 0.25) is 0 Å². The number of nitrogens with two attached hydrogens (primary N) is 2. The minimum Gasteiger partial charge on any atom is -0.397 e. The lowest BCUT2D eigenvalue weighted by Gasteiger charge is -2.12. The largest absolute Gasteiger partial charge is 0.397 e. The Morgan fingerprint density at radius 3 is 2.89 bits per heavy atom. The Morgan fingerprint density at radius 1 is 1.47 bits per heavy atom. The number of nitrogen functional groups attached to an aromatic ring is 1. The molecule has 0 radical (unpaired) electrons. The number of amides is 1. The van der Waals surface area contributed by atoms with Crippen molar-refractivity contribution in [1.29, 1.82) is 0 Å². The molecule has 5 N–H and O–H groups in total. The third-order valence-electron chi connectivity index (χ3n) is 2.84. The fraction of sp³-hybridized carbons (Fsp3) is 0.231. The van der Waals surface area contributed by atoms with Crippen molar-refractivity contribution < 1.29 is 4.79 Å². The molecule has 0 atom stereocenters. The first-order valence-electron chi connectivity index (χ1n) is 5.97. The van der Waals surface area contributed by atoms with E-state index in [9.17, 15) is 4.79 Å². The summed E-state index contributed by atoms with van der Waals surface area (Å²) in [5.74, 6) is -0.490. The van der Waals surface area contributed by atoms with Crippen molar-refractivity contribution in [3.05, 3.63) is 41.7 Å². The number of rotatable bonds is 5. The number of nitrogens with one attached hydrogen (secondary N) is 1. The van der Waals surface area contributed by atoms with Gasteiger partial charge in [0.05, 0.1) is 23.1 Å². The molecule has 0 fully saturated rings. The summed E-state index contributed by atoms with van der Waals surface area (Å²) >= 11 is 0. The van der Waals surface area contributed by atoms with Gasteiger partial charge in [-0.2, -0.15) is 5.10 Å². The molecule has 0 aliphatic rings. The van der Waals surface area contributed by atoms with Crippen molar-refractivity contribution in [2.45, 2.75) is 6.42 Å². The monoisotopic (exact) mass is 259 g/mol. The normalized spacial score (nSPS) is 10.4. The quantitative estimate of drug-likeness (QED) is 0.690. The van der Waals surface area contributed by atoms with Gasteiger partial charge >= 0.3 is 0 Å². The van der Waals surface area contributed by atoms with Gasteiger partial charge in [0.25, 0.3) is 5.91 Å². The average Bonchev–Trinajstić information content (AvgIpc) is 2.77. The molecule has 0 saturated heterocycles. The Bertz CT molecular complexity index is 590. The van der Waals surface area contributed by atoms with Crippen LogP contribution in [-0.4, -0.2) is 22.2 Å². The molecular formula is C13H17N5O. The molecule has 6 heteroatoms. The number of benzene rings is 1. The molecule has 100 valence electrons. The summed E-state index contributed by atoms with van der Waals surface area (Å²) in [4.78, 5) is 11.3. The van der Waals surface area contributed by atoms with Crippen molar-refractivity contribution in [3.63, 3.8) is 0 Å². The Hall–Kier alpha value is -2.50. The standard InChI is InChI=1S/C13H17N5O/c1-18-8-9(7-17-18)5-6-16-12-10(13(15)19)3-2-4-11(12)14/h2-4,7-8,16H,5-6,14H2,1H3,(H2,15,19). The second-order valence-electron chi connectivity index (χ2n) is 4.33.